The third-order valence-corrected chi connectivity index (χ3v) is 7.32. The molecule has 1 fully saturated rings. The number of aromatic nitrogens is 1. The van der Waals surface area contributed by atoms with E-state index in [-0.39, 0.29) is 17.3 Å². The lowest BCUT2D eigenvalue weighted by Crippen LogP contribution is -2.44. The highest BCUT2D eigenvalue weighted by Crippen LogP contribution is 2.35. The summed E-state index contributed by atoms with van der Waals surface area (Å²) in [5, 5.41) is 4.65. The average Bonchev–Trinajstić information content (AvgIpc) is 3.23. The molecule has 0 unspecified atom stereocenters. The fourth-order valence-electron chi connectivity index (χ4n) is 5.60. The van der Waals surface area contributed by atoms with E-state index in [4.69, 9.17) is 4.74 Å². The highest BCUT2D eigenvalue weighted by atomic mass is 19.1. The third kappa shape index (κ3) is 3.87. The number of hydrogen-bond acceptors (Lipinski definition) is 4. The van der Waals surface area contributed by atoms with Crippen molar-refractivity contribution in [3.05, 3.63) is 81.4 Å². The number of likely N-dealkylation sites (tertiary alicyclic amines) is 1. The van der Waals surface area contributed by atoms with Gasteiger partial charge in [0, 0.05) is 48.8 Å². The maximum atomic E-state index is 14.8. The molecule has 0 amide bonds. The zero-order valence-corrected chi connectivity index (χ0v) is 18.6. The molecule has 2 aromatic carbocycles. The van der Waals surface area contributed by atoms with Crippen LogP contribution in [0, 0.1) is 5.82 Å². The van der Waals surface area contributed by atoms with Crippen molar-refractivity contribution in [3.63, 3.8) is 0 Å². The average molecular weight is 446 g/mol. The first-order valence-corrected chi connectivity index (χ1v) is 11.8. The molecule has 33 heavy (non-hydrogen) atoms. The Labute approximate surface area is 192 Å². The van der Waals surface area contributed by atoms with Crippen LogP contribution in [-0.2, 0) is 6.54 Å². The monoisotopic (exact) mass is 445 g/mol. The summed E-state index contributed by atoms with van der Waals surface area (Å²) in [6.45, 7) is 4.80. The minimum Gasteiger partial charge on any atom is -0.489 e. The van der Waals surface area contributed by atoms with E-state index in [1.807, 2.05) is 24.3 Å². The molecule has 0 saturated carbocycles. The van der Waals surface area contributed by atoms with Crippen LogP contribution < -0.4 is 15.6 Å². The van der Waals surface area contributed by atoms with Gasteiger partial charge in [-0.25, -0.2) is 4.39 Å². The predicted octanol–water partition coefficient (Wildman–Crippen LogP) is 3.77. The molecular formula is C27H28FN3O2. The van der Waals surface area contributed by atoms with Gasteiger partial charge in [0.2, 0.25) is 0 Å². The summed E-state index contributed by atoms with van der Waals surface area (Å²) >= 11 is 0. The fraction of sp³-hybridized carbons (Fsp3) is 0.370. The normalized spacial score (nSPS) is 20.5. The van der Waals surface area contributed by atoms with Gasteiger partial charge in [0.15, 0.2) is 0 Å². The summed E-state index contributed by atoms with van der Waals surface area (Å²) in [7, 11) is 0. The van der Waals surface area contributed by atoms with Gasteiger partial charge < -0.3 is 19.5 Å². The Balaban J connectivity index is 1.06. The summed E-state index contributed by atoms with van der Waals surface area (Å²) in [4.78, 5) is 14.8. The lowest BCUT2D eigenvalue weighted by molar-refractivity contribution is 0.185. The minimum atomic E-state index is -0.189. The van der Waals surface area contributed by atoms with Crippen molar-refractivity contribution in [2.75, 3.05) is 32.8 Å². The Morgan fingerprint density at radius 1 is 1.06 bits per heavy atom. The summed E-state index contributed by atoms with van der Waals surface area (Å²) in [6, 6.07) is 15.3. The van der Waals surface area contributed by atoms with Crippen LogP contribution in [0.25, 0.3) is 17.0 Å². The first-order chi connectivity index (χ1) is 16.2. The van der Waals surface area contributed by atoms with Crippen LogP contribution in [0.5, 0.6) is 5.75 Å². The van der Waals surface area contributed by atoms with Crippen LogP contribution in [-0.4, -0.2) is 48.3 Å². The molecule has 4 heterocycles. The van der Waals surface area contributed by atoms with Crippen molar-refractivity contribution in [1.82, 2.24) is 14.8 Å². The van der Waals surface area contributed by atoms with Crippen molar-refractivity contribution >= 4 is 17.0 Å². The van der Waals surface area contributed by atoms with E-state index >= 15 is 0 Å². The SMILES string of the molecule is O=c1ccc2ccc(F)c3c2n1C[C@H]3CN1CCC(NCC2=Cc3ccccc3OC2)CC1. The predicted molar refractivity (Wildman–Crippen MR) is 128 cm³/mol. The number of fused-ring (bicyclic) bond motifs is 1. The van der Waals surface area contributed by atoms with Crippen molar-refractivity contribution in [3.8, 4) is 5.75 Å². The van der Waals surface area contributed by atoms with E-state index < -0.39 is 0 Å². The minimum absolute atomic E-state index is 0.0259. The molecule has 6 rings (SSSR count). The number of nitrogens with one attached hydrogen (secondary N) is 1. The topological polar surface area (TPSA) is 46.5 Å². The Morgan fingerprint density at radius 3 is 2.76 bits per heavy atom. The van der Waals surface area contributed by atoms with Crippen molar-refractivity contribution < 1.29 is 9.13 Å². The van der Waals surface area contributed by atoms with E-state index in [0.717, 1.165) is 66.8 Å². The number of pyridine rings is 1. The molecule has 0 spiro atoms. The van der Waals surface area contributed by atoms with E-state index in [1.54, 1.807) is 22.8 Å². The molecule has 1 aromatic heterocycles. The van der Waals surface area contributed by atoms with Crippen LogP contribution in [0.4, 0.5) is 4.39 Å². The molecular weight excluding hydrogens is 417 g/mol. The van der Waals surface area contributed by atoms with Crippen LogP contribution in [0.1, 0.15) is 29.9 Å². The second kappa shape index (κ2) is 8.43. The van der Waals surface area contributed by atoms with Gasteiger partial charge in [-0.2, -0.15) is 0 Å². The number of halogens is 1. The van der Waals surface area contributed by atoms with Gasteiger partial charge in [-0.15, -0.1) is 0 Å². The number of benzene rings is 2. The van der Waals surface area contributed by atoms with Crippen LogP contribution in [0.15, 0.2) is 58.9 Å². The second-order valence-corrected chi connectivity index (χ2v) is 9.46. The maximum absolute atomic E-state index is 14.8. The molecule has 1 saturated heterocycles. The molecule has 1 atom stereocenters. The van der Waals surface area contributed by atoms with Crippen molar-refractivity contribution in [2.24, 2.45) is 0 Å². The molecule has 0 aliphatic carbocycles. The lowest BCUT2D eigenvalue weighted by atomic mass is 9.96. The summed E-state index contributed by atoms with van der Waals surface area (Å²) in [6.07, 6.45) is 4.36. The van der Waals surface area contributed by atoms with Gasteiger partial charge in [0.05, 0.1) is 5.52 Å². The Bertz CT molecular complexity index is 1290. The Hall–Kier alpha value is -2.96. The highest BCUT2D eigenvalue weighted by molar-refractivity contribution is 5.84. The van der Waals surface area contributed by atoms with Crippen LogP contribution in [0.2, 0.25) is 0 Å². The molecule has 3 aliphatic rings. The van der Waals surface area contributed by atoms with Gasteiger partial charge in [-0.05, 0) is 67.2 Å². The van der Waals surface area contributed by atoms with Gasteiger partial charge in [0.1, 0.15) is 18.2 Å². The molecule has 5 nitrogen and oxygen atoms in total. The third-order valence-electron chi connectivity index (χ3n) is 7.32. The molecule has 3 aliphatic heterocycles. The van der Waals surface area contributed by atoms with E-state index in [1.165, 1.54) is 5.57 Å². The lowest BCUT2D eigenvalue weighted by Gasteiger charge is -2.34. The van der Waals surface area contributed by atoms with Crippen molar-refractivity contribution in [1.29, 1.82) is 0 Å². The maximum Gasteiger partial charge on any atom is 0.251 e. The fourth-order valence-corrected chi connectivity index (χ4v) is 5.60. The Kier molecular flexibility index (Phi) is 5.27. The smallest absolute Gasteiger partial charge is 0.251 e. The first kappa shape index (κ1) is 20.6. The van der Waals surface area contributed by atoms with Crippen LogP contribution in [0.3, 0.4) is 0 Å². The molecule has 6 heteroatoms. The molecule has 3 aromatic rings. The van der Waals surface area contributed by atoms with Gasteiger partial charge >= 0.3 is 0 Å². The molecule has 0 radical (unpaired) electrons. The highest BCUT2D eigenvalue weighted by Gasteiger charge is 2.31. The number of rotatable bonds is 5. The second-order valence-electron chi connectivity index (χ2n) is 9.46. The summed E-state index contributed by atoms with van der Waals surface area (Å²) in [5.74, 6) is 0.793. The van der Waals surface area contributed by atoms with E-state index in [2.05, 4.69) is 22.4 Å². The van der Waals surface area contributed by atoms with Gasteiger partial charge in [-0.3, -0.25) is 4.79 Å². The van der Waals surface area contributed by atoms with Gasteiger partial charge in [-0.1, -0.05) is 18.2 Å². The molecule has 1 N–H and O–H groups in total. The number of piperidine rings is 1. The number of hydrogen-bond donors (Lipinski definition) is 1. The summed E-state index contributed by atoms with van der Waals surface area (Å²) in [5.41, 5.74) is 3.88. The largest absolute Gasteiger partial charge is 0.489 e. The zero-order valence-electron chi connectivity index (χ0n) is 18.6. The number of nitrogens with zero attached hydrogens (tertiary/aromatic N) is 2. The van der Waals surface area contributed by atoms with E-state index in [0.29, 0.717) is 19.2 Å². The molecule has 170 valence electrons. The van der Waals surface area contributed by atoms with E-state index in [9.17, 15) is 9.18 Å². The van der Waals surface area contributed by atoms with Gasteiger partial charge in [0.25, 0.3) is 5.56 Å². The Morgan fingerprint density at radius 2 is 1.88 bits per heavy atom. The standard InChI is InChI=1S/C27H28FN3O2/c28-23-7-5-19-6-8-25(32)31-16-21(26(23)27(19)31)15-30-11-9-22(10-12-30)29-14-18-13-20-3-1-2-4-24(20)33-17-18/h1-8,13,21-22,29H,9-12,14-17H2/t21-/m1/s1. The summed E-state index contributed by atoms with van der Waals surface area (Å²) < 4.78 is 22.4. The number of para-hydroxylation sites is 1. The van der Waals surface area contributed by atoms with Crippen molar-refractivity contribution in [2.45, 2.75) is 31.3 Å². The number of ether oxygens (including phenoxy) is 1. The first-order valence-electron chi connectivity index (χ1n) is 11.8. The zero-order chi connectivity index (χ0) is 22.4. The van der Waals surface area contributed by atoms with Crippen LogP contribution >= 0.6 is 0 Å². The molecule has 0 bridgehead atoms. The quantitative estimate of drug-likeness (QED) is 0.650.